The molecule has 12 N–H and O–H groups in total. The quantitative estimate of drug-likeness (QED) is 0.0605. The molecule has 3 heterocycles. The van der Waals surface area contributed by atoms with Gasteiger partial charge in [0, 0.05) is 59.9 Å². The Labute approximate surface area is 373 Å². The summed E-state index contributed by atoms with van der Waals surface area (Å²) in [6.45, 7) is 2.83. The molecule has 2 saturated heterocycles. The maximum Gasteiger partial charge on any atom is 0.300 e. The number of phenolic OH excluding ortho intramolecular Hbond substituents is 2. The number of halogens is 6. The lowest BCUT2D eigenvalue weighted by Gasteiger charge is -2.37. The minimum Gasteiger partial charge on any atom is -0.507 e. The fourth-order valence-corrected chi connectivity index (χ4v) is 5.43. The number of aliphatic hydroxyl groups is 5. The number of benzene rings is 3. The van der Waals surface area contributed by atoms with Crippen LogP contribution >= 0.6 is 11.6 Å². The first-order chi connectivity index (χ1) is 30.5. The lowest BCUT2D eigenvalue weighted by molar-refractivity contribution is -0.286. The first-order valence-electron chi connectivity index (χ1n) is 18.2. The normalized spacial score (nSPS) is 18.7. The molecule has 0 aromatic heterocycles. The molecule has 3 aliphatic heterocycles. The number of ether oxygens (including phenoxy) is 2. The highest BCUT2D eigenvalue weighted by Gasteiger charge is 2.42. The van der Waals surface area contributed by atoms with E-state index in [0.29, 0.717) is 11.4 Å². The molecule has 0 spiro atoms. The number of phenols is 2. The van der Waals surface area contributed by atoms with Crippen LogP contribution in [0, 0.1) is 29.1 Å². The molecular weight excluding hydrogens is 933 g/mol. The van der Waals surface area contributed by atoms with Crippen LogP contribution in [0.2, 0.25) is 5.02 Å². The number of piperazine rings is 1. The molecule has 6 rings (SSSR count). The van der Waals surface area contributed by atoms with Crippen molar-refractivity contribution in [3.63, 3.8) is 0 Å². The lowest BCUT2D eigenvalue weighted by atomic mass is 10.00. The van der Waals surface area contributed by atoms with Gasteiger partial charge in [0.15, 0.2) is 41.1 Å². The number of nitrogens with one attached hydrogen (secondary N) is 1. The highest BCUT2D eigenvalue weighted by Crippen LogP contribution is 2.49. The second-order valence-electron chi connectivity index (χ2n) is 13.2. The fourth-order valence-electron chi connectivity index (χ4n) is 5.27. The van der Waals surface area contributed by atoms with E-state index in [1.54, 1.807) is 0 Å². The number of carboxylic acid groups (broad SMARTS) is 4. The summed E-state index contributed by atoms with van der Waals surface area (Å²) in [5.74, 6) is -17.5. The van der Waals surface area contributed by atoms with Crippen molar-refractivity contribution in [1.82, 2.24) is 9.80 Å². The molecule has 0 bridgehead atoms. The number of carboxylic acids is 4. The standard InChI is InChI=1S/C24H15ClF5N3O5.C6H12O6.4C2H4O2/c25-9-7-11-14(8-13(9)35)38-22-10(31-11)1-2-12(34)15(22)23(36)32-3-5-33(6-4-32)24(37)16-17(26)19(28)21(30)20(29)18(16)27;7-1-2-3(8)4(9)5(10)6(11)12-2;4*1-2(3)4/h1-2,7-8,31,34-35H,3-6H2;2-11H,1H2;4*1H3,(H,3,4)/t;2-,3+,4+,5-,6-;;;;/m.1..../s1. The maximum absolute atomic E-state index is 14.1. The van der Waals surface area contributed by atoms with Crippen molar-refractivity contribution < 1.29 is 116 Å². The van der Waals surface area contributed by atoms with Gasteiger partial charge in [-0.05, 0) is 18.2 Å². The highest BCUT2D eigenvalue weighted by molar-refractivity contribution is 6.32. The SMILES string of the molecule is CC(=O)O.CC(=O)O.CC(=O)O.CC(=O)O.O=C(c1c(F)c(F)c(F)c(F)c1F)N1CCN(C(=O)c2c(O)ccc3c2Oc2cc(O)c(Cl)cc2N3)CC1.OC[C@H]1O[C@@H](O)[C@H](O)[C@@H](O)[C@H]1O. The number of fused-ring (bicyclic) bond motifs is 2. The third kappa shape index (κ3) is 16.1. The van der Waals surface area contributed by atoms with E-state index >= 15 is 0 Å². The Bertz CT molecular complexity index is 2150. The molecule has 0 saturated carbocycles. The summed E-state index contributed by atoms with van der Waals surface area (Å²) in [4.78, 5) is 64.0. The van der Waals surface area contributed by atoms with Gasteiger partial charge in [-0.3, -0.25) is 28.8 Å². The fraction of sp³-hybridized carbons (Fsp3) is 0.368. The Kier molecular flexibility index (Phi) is 22.4. The number of aliphatic carboxylic acids is 4. The van der Waals surface area contributed by atoms with E-state index in [0.717, 1.165) is 32.6 Å². The average molecular weight is 976 g/mol. The predicted octanol–water partition coefficient (Wildman–Crippen LogP) is 2.04. The van der Waals surface area contributed by atoms with Crippen molar-refractivity contribution in [2.24, 2.45) is 0 Å². The van der Waals surface area contributed by atoms with Crippen molar-refractivity contribution in [2.45, 2.75) is 58.4 Å². The monoisotopic (exact) mass is 975 g/mol. The van der Waals surface area contributed by atoms with Crippen molar-refractivity contribution in [3.8, 4) is 23.0 Å². The smallest absolute Gasteiger partial charge is 0.300 e. The highest BCUT2D eigenvalue weighted by atomic mass is 35.5. The number of anilines is 2. The van der Waals surface area contributed by atoms with Gasteiger partial charge < -0.3 is 80.8 Å². The summed E-state index contributed by atoms with van der Waals surface area (Å²) in [5, 5.41) is 97.7. The third-order valence-corrected chi connectivity index (χ3v) is 8.33. The van der Waals surface area contributed by atoms with Gasteiger partial charge in [-0.25, -0.2) is 22.0 Å². The molecule has 3 aromatic rings. The molecule has 0 radical (unpaired) electrons. The molecule has 22 nitrogen and oxygen atoms in total. The van der Waals surface area contributed by atoms with Crippen molar-refractivity contribution >= 4 is 58.7 Å². The zero-order valence-electron chi connectivity index (χ0n) is 34.6. The number of nitrogens with zero attached hydrogens (tertiary/aromatic N) is 2. The molecule has 3 aliphatic rings. The third-order valence-electron chi connectivity index (χ3n) is 8.02. The van der Waals surface area contributed by atoms with Gasteiger partial charge >= 0.3 is 0 Å². The van der Waals surface area contributed by atoms with Crippen LogP contribution in [0.1, 0.15) is 48.4 Å². The zero-order chi connectivity index (χ0) is 51.1. The van der Waals surface area contributed by atoms with Gasteiger partial charge in [0.05, 0.1) is 23.0 Å². The molecule has 0 aliphatic carbocycles. The molecule has 2 fully saturated rings. The summed E-state index contributed by atoms with van der Waals surface area (Å²) < 4.78 is 79.0. The van der Waals surface area contributed by atoms with E-state index in [9.17, 15) is 41.8 Å². The van der Waals surface area contributed by atoms with Gasteiger partial charge in [-0.15, -0.1) is 0 Å². The number of aliphatic hydroxyl groups excluding tert-OH is 5. The number of rotatable bonds is 3. The van der Waals surface area contributed by atoms with Crippen molar-refractivity contribution in [3.05, 3.63) is 69.5 Å². The van der Waals surface area contributed by atoms with Gasteiger partial charge in [-0.2, -0.15) is 0 Å². The number of carbonyl (C=O) groups excluding carboxylic acids is 2. The predicted molar refractivity (Wildman–Crippen MR) is 212 cm³/mol. The summed E-state index contributed by atoms with van der Waals surface area (Å²) in [7, 11) is 0. The van der Waals surface area contributed by atoms with Gasteiger partial charge in [-0.1, -0.05) is 11.6 Å². The van der Waals surface area contributed by atoms with Crippen LogP contribution in [-0.4, -0.2) is 165 Å². The van der Waals surface area contributed by atoms with E-state index < -0.39 is 113 Å². The minimum absolute atomic E-state index is 0.0517. The number of amides is 2. The van der Waals surface area contributed by atoms with E-state index in [1.165, 1.54) is 29.2 Å². The molecule has 0 unspecified atom stereocenters. The molecular formula is C38H43ClF5N3O19. The Morgan fingerprint density at radius 1 is 0.636 bits per heavy atom. The minimum atomic E-state index is -2.38. The summed E-state index contributed by atoms with van der Waals surface area (Å²) in [6.07, 6.45) is -7.04. The Balaban J connectivity index is 0.000000632. The van der Waals surface area contributed by atoms with Crippen molar-refractivity contribution in [1.29, 1.82) is 0 Å². The Morgan fingerprint density at radius 2 is 1.05 bits per heavy atom. The van der Waals surface area contributed by atoms with Crippen LogP contribution in [0.4, 0.5) is 33.3 Å². The topological polar surface area (TPSA) is 362 Å². The molecule has 66 heavy (non-hydrogen) atoms. The summed E-state index contributed by atoms with van der Waals surface area (Å²) >= 11 is 5.92. The van der Waals surface area contributed by atoms with Gasteiger partial charge in [0.25, 0.3) is 35.7 Å². The molecule has 28 heteroatoms. The average Bonchev–Trinajstić information content (AvgIpc) is 3.22. The molecule has 5 atom stereocenters. The summed E-state index contributed by atoms with van der Waals surface area (Å²) in [5.41, 5.74) is -1.13. The van der Waals surface area contributed by atoms with Crippen LogP contribution in [0.25, 0.3) is 0 Å². The lowest BCUT2D eigenvalue weighted by Crippen LogP contribution is -2.58. The second-order valence-corrected chi connectivity index (χ2v) is 13.6. The van der Waals surface area contributed by atoms with Crippen LogP contribution in [0.15, 0.2) is 24.3 Å². The van der Waals surface area contributed by atoms with Gasteiger partial charge in [0.1, 0.15) is 47.0 Å². The zero-order valence-corrected chi connectivity index (χ0v) is 35.3. The number of hydrogen-bond donors (Lipinski definition) is 12. The number of aromatic hydroxyl groups is 2. The second kappa shape index (κ2) is 25.8. The molecule has 366 valence electrons. The van der Waals surface area contributed by atoms with E-state index in [4.69, 9.17) is 81.5 Å². The van der Waals surface area contributed by atoms with E-state index in [2.05, 4.69) is 10.1 Å². The molecule has 2 amide bonds. The Morgan fingerprint density at radius 3 is 1.47 bits per heavy atom. The molecule has 3 aromatic carbocycles. The number of hydrogen-bond acceptors (Lipinski definition) is 16. The van der Waals surface area contributed by atoms with E-state index in [-0.39, 0.29) is 54.0 Å². The van der Waals surface area contributed by atoms with Crippen LogP contribution < -0.4 is 10.1 Å². The van der Waals surface area contributed by atoms with Crippen LogP contribution in [0.5, 0.6) is 23.0 Å². The van der Waals surface area contributed by atoms with Crippen LogP contribution in [0.3, 0.4) is 0 Å². The first-order valence-corrected chi connectivity index (χ1v) is 18.6. The van der Waals surface area contributed by atoms with Gasteiger partial charge in [0.2, 0.25) is 5.82 Å². The Hall–Kier alpha value is -6.62. The van der Waals surface area contributed by atoms with Crippen molar-refractivity contribution in [2.75, 3.05) is 38.1 Å². The largest absolute Gasteiger partial charge is 0.507 e. The number of carbonyl (C=O) groups is 6. The first kappa shape index (κ1) is 57.4. The van der Waals surface area contributed by atoms with Crippen LogP contribution in [-0.2, 0) is 23.9 Å². The van der Waals surface area contributed by atoms with E-state index in [1.807, 2.05) is 0 Å². The summed E-state index contributed by atoms with van der Waals surface area (Å²) in [6, 6.07) is 5.32. The maximum atomic E-state index is 14.1.